The summed E-state index contributed by atoms with van der Waals surface area (Å²) in [6, 6.07) is 12.5. The lowest BCUT2D eigenvalue weighted by atomic mass is 9.99. The molecule has 3 aromatic heterocycles. The van der Waals surface area contributed by atoms with Crippen molar-refractivity contribution in [2.24, 2.45) is 0 Å². The Bertz CT molecular complexity index is 872. The number of furan rings is 1. The van der Waals surface area contributed by atoms with E-state index in [1.165, 1.54) is 5.56 Å². The Morgan fingerprint density at radius 2 is 2.12 bits per heavy atom. The maximum absolute atomic E-state index is 5.66. The molecule has 1 saturated heterocycles. The van der Waals surface area contributed by atoms with E-state index in [0.717, 1.165) is 16.6 Å². The number of hydrogen-bond donors (Lipinski definition) is 1. The summed E-state index contributed by atoms with van der Waals surface area (Å²) < 4.78 is 7.78. The zero-order valence-electron chi connectivity index (χ0n) is 14.9. The second-order valence-corrected chi connectivity index (χ2v) is 7.21. The monoisotopic (exact) mass is 366 g/mol. The van der Waals surface area contributed by atoms with Gasteiger partial charge in [-0.3, -0.25) is 4.98 Å². The average Bonchev–Trinajstić information content (AvgIpc) is 3.37. The van der Waals surface area contributed by atoms with E-state index in [0.29, 0.717) is 12.6 Å². The summed E-state index contributed by atoms with van der Waals surface area (Å²) in [5.74, 6) is 0.893. The van der Waals surface area contributed by atoms with Crippen LogP contribution in [0.3, 0.4) is 0 Å². The molecule has 0 aliphatic carbocycles. The van der Waals surface area contributed by atoms with Crippen molar-refractivity contribution < 1.29 is 4.42 Å². The number of nitrogens with one attached hydrogen (secondary N) is 1. The third-order valence-corrected chi connectivity index (χ3v) is 5.13. The number of hydrogen-bond acceptors (Lipinski definition) is 3. The summed E-state index contributed by atoms with van der Waals surface area (Å²) in [4.78, 5) is 6.75. The number of thiocarbonyl (C=S) groups is 1. The highest BCUT2D eigenvalue weighted by Crippen LogP contribution is 2.39. The average molecular weight is 366 g/mol. The van der Waals surface area contributed by atoms with Crippen LogP contribution in [0.5, 0.6) is 0 Å². The van der Waals surface area contributed by atoms with Crippen LogP contribution in [0.15, 0.2) is 65.7 Å². The molecular formula is C20H22N4OS. The van der Waals surface area contributed by atoms with Gasteiger partial charge in [-0.1, -0.05) is 6.07 Å². The van der Waals surface area contributed by atoms with Crippen LogP contribution in [0.4, 0.5) is 0 Å². The van der Waals surface area contributed by atoms with Gasteiger partial charge < -0.3 is 19.2 Å². The first-order valence-electron chi connectivity index (χ1n) is 8.81. The molecule has 0 unspecified atom stereocenters. The highest BCUT2D eigenvalue weighted by molar-refractivity contribution is 7.80. The summed E-state index contributed by atoms with van der Waals surface area (Å²) in [5, 5.41) is 4.19. The zero-order chi connectivity index (χ0) is 18.1. The smallest absolute Gasteiger partial charge is 0.170 e. The third kappa shape index (κ3) is 3.12. The first-order chi connectivity index (χ1) is 12.6. The van der Waals surface area contributed by atoms with Crippen molar-refractivity contribution in [2.45, 2.75) is 38.5 Å². The lowest BCUT2D eigenvalue weighted by Crippen LogP contribution is -2.28. The van der Waals surface area contributed by atoms with Gasteiger partial charge in [-0.15, -0.1) is 0 Å². The molecule has 6 heteroatoms. The summed E-state index contributed by atoms with van der Waals surface area (Å²) in [5.41, 5.74) is 2.20. The molecule has 1 aliphatic rings. The SMILES string of the molecule is CC(C)n1ccc([C@@H]2[C@H](c3ccccn3)NC(=S)N2Cc2ccco2)c1. The third-order valence-electron chi connectivity index (χ3n) is 4.78. The lowest BCUT2D eigenvalue weighted by molar-refractivity contribution is 0.287. The van der Waals surface area contributed by atoms with Gasteiger partial charge in [0, 0.05) is 24.6 Å². The molecule has 0 saturated carbocycles. The molecule has 5 nitrogen and oxygen atoms in total. The van der Waals surface area contributed by atoms with Crippen LogP contribution < -0.4 is 5.32 Å². The van der Waals surface area contributed by atoms with E-state index in [1.54, 1.807) is 6.26 Å². The fraction of sp³-hybridized carbons (Fsp3) is 0.300. The Kier molecular flexibility index (Phi) is 4.51. The fourth-order valence-electron chi connectivity index (χ4n) is 3.44. The summed E-state index contributed by atoms with van der Waals surface area (Å²) in [7, 11) is 0. The van der Waals surface area contributed by atoms with Gasteiger partial charge in [0.05, 0.1) is 30.6 Å². The maximum atomic E-state index is 5.66. The van der Waals surface area contributed by atoms with Crippen LogP contribution in [0.25, 0.3) is 0 Å². The molecule has 1 aliphatic heterocycles. The summed E-state index contributed by atoms with van der Waals surface area (Å²) in [6.07, 6.45) is 7.85. The van der Waals surface area contributed by atoms with Gasteiger partial charge in [-0.25, -0.2) is 0 Å². The number of pyridine rings is 1. The molecule has 134 valence electrons. The van der Waals surface area contributed by atoms with E-state index in [2.05, 4.69) is 52.1 Å². The highest BCUT2D eigenvalue weighted by Gasteiger charge is 2.40. The Morgan fingerprint density at radius 3 is 2.77 bits per heavy atom. The minimum atomic E-state index is 0.00155. The van der Waals surface area contributed by atoms with E-state index >= 15 is 0 Å². The van der Waals surface area contributed by atoms with Crippen LogP contribution in [-0.4, -0.2) is 19.6 Å². The maximum Gasteiger partial charge on any atom is 0.170 e. The number of aromatic nitrogens is 2. The standard InChI is InChI=1S/C20H22N4OS/c1-14(2)23-10-8-15(12-23)19-18(17-7-3-4-9-21-17)22-20(26)24(19)13-16-6-5-11-25-16/h3-12,14,18-19H,13H2,1-2H3,(H,22,26)/t18-,19+/m0/s1. The number of rotatable bonds is 5. The van der Waals surface area contributed by atoms with Crippen molar-refractivity contribution >= 4 is 17.3 Å². The Hall–Kier alpha value is -2.60. The minimum Gasteiger partial charge on any atom is -0.467 e. The van der Waals surface area contributed by atoms with Gasteiger partial charge in [0.25, 0.3) is 0 Å². The van der Waals surface area contributed by atoms with Crippen molar-refractivity contribution in [1.29, 1.82) is 0 Å². The minimum absolute atomic E-state index is 0.00155. The van der Waals surface area contributed by atoms with Crippen LogP contribution >= 0.6 is 12.2 Å². The predicted molar refractivity (Wildman–Crippen MR) is 105 cm³/mol. The predicted octanol–water partition coefficient (Wildman–Crippen LogP) is 4.23. The lowest BCUT2D eigenvalue weighted by Gasteiger charge is -2.26. The first kappa shape index (κ1) is 16.8. The van der Waals surface area contributed by atoms with Crippen molar-refractivity contribution in [3.8, 4) is 0 Å². The normalized spacial score (nSPS) is 20.0. The first-order valence-corrected chi connectivity index (χ1v) is 9.22. The van der Waals surface area contributed by atoms with Gasteiger partial charge in [0.15, 0.2) is 5.11 Å². The van der Waals surface area contributed by atoms with Crippen LogP contribution in [0.1, 0.15) is 49.0 Å². The largest absolute Gasteiger partial charge is 0.467 e. The van der Waals surface area contributed by atoms with E-state index in [9.17, 15) is 0 Å². The topological polar surface area (TPSA) is 46.2 Å². The van der Waals surface area contributed by atoms with Gasteiger partial charge in [0.1, 0.15) is 5.76 Å². The van der Waals surface area contributed by atoms with Crippen LogP contribution in [0, 0.1) is 0 Å². The van der Waals surface area contributed by atoms with Crippen LogP contribution in [-0.2, 0) is 6.54 Å². The van der Waals surface area contributed by atoms with Gasteiger partial charge >= 0.3 is 0 Å². The van der Waals surface area contributed by atoms with Gasteiger partial charge in [0.2, 0.25) is 0 Å². The molecule has 0 bridgehead atoms. The summed E-state index contributed by atoms with van der Waals surface area (Å²) in [6.45, 7) is 4.98. The Morgan fingerprint density at radius 1 is 1.23 bits per heavy atom. The molecule has 3 aromatic rings. The molecule has 4 rings (SSSR count). The van der Waals surface area contributed by atoms with Crippen molar-refractivity contribution in [3.05, 3.63) is 78.3 Å². The highest BCUT2D eigenvalue weighted by atomic mass is 32.1. The van der Waals surface area contributed by atoms with Gasteiger partial charge in [-0.2, -0.15) is 0 Å². The van der Waals surface area contributed by atoms with Crippen molar-refractivity contribution in [3.63, 3.8) is 0 Å². The zero-order valence-corrected chi connectivity index (χ0v) is 15.7. The molecule has 1 N–H and O–H groups in total. The summed E-state index contributed by atoms with van der Waals surface area (Å²) >= 11 is 5.66. The Balaban J connectivity index is 1.73. The number of nitrogens with zero attached hydrogens (tertiary/aromatic N) is 3. The van der Waals surface area contributed by atoms with Crippen molar-refractivity contribution in [2.75, 3.05) is 0 Å². The molecule has 0 radical (unpaired) electrons. The molecule has 0 aromatic carbocycles. The van der Waals surface area contributed by atoms with Crippen LogP contribution in [0.2, 0.25) is 0 Å². The molecule has 4 heterocycles. The fourth-order valence-corrected chi connectivity index (χ4v) is 3.74. The van der Waals surface area contributed by atoms with E-state index in [-0.39, 0.29) is 12.1 Å². The van der Waals surface area contributed by atoms with E-state index in [1.807, 2.05) is 36.5 Å². The molecule has 0 spiro atoms. The second kappa shape index (κ2) is 6.96. The molecule has 0 amide bonds. The van der Waals surface area contributed by atoms with Crippen molar-refractivity contribution in [1.82, 2.24) is 19.8 Å². The molecule has 1 fully saturated rings. The molecule has 26 heavy (non-hydrogen) atoms. The molecule has 2 atom stereocenters. The Labute approximate surface area is 158 Å². The van der Waals surface area contributed by atoms with E-state index < -0.39 is 0 Å². The second-order valence-electron chi connectivity index (χ2n) is 6.82. The van der Waals surface area contributed by atoms with E-state index in [4.69, 9.17) is 16.6 Å². The quantitative estimate of drug-likeness (QED) is 0.685. The van der Waals surface area contributed by atoms with Gasteiger partial charge in [-0.05, 0) is 62.0 Å². The molecular weight excluding hydrogens is 344 g/mol.